The number of halogens is 2. The van der Waals surface area contributed by atoms with E-state index in [4.69, 9.17) is 4.74 Å². The fourth-order valence-corrected chi connectivity index (χ4v) is 2.02. The van der Waals surface area contributed by atoms with Crippen LogP contribution in [0.4, 0.5) is 14.5 Å². The molecule has 1 amide bonds. The molecule has 3 aromatic rings. The second kappa shape index (κ2) is 7.98. The van der Waals surface area contributed by atoms with E-state index in [1.807, 2.05) is 18.2 Å². The van der Waals surface area contributed by atoms with Crippen molar-refractivity contribution >= 4 is 17.7 Å². The first-order valence-electron chi connectivity index (χ1n) is 7.59. The number of benzene rings is 2. The standard InChI is InChI=1S/C19H13F2N3O2/c20-14-7-8-17(21)13(10-14)6-9-18(25)24-15-11-22-19(23-12-15)26-16-4-2-1-3-5-16/h1-12H,(H,24,25)/b9-6+. The first kappa shape index (κ1) is 17.2. The van der Waals surface area contributed by atoms with E-state index in [1.54, 1.807) is 12.1 Å². The molecule has 1 aromatic heterocycles. The SMILES string of the molecule is O=C(/C=C/c1cc(F)ccc1F)Nc1cnc(Oc2ccccc2)nc1. The van der Waals surface area contributed by atoms with Crippen molar-refractivity contribution in [2.75, 3.05) is 5.32 Å². The lowest BCUT2D eigenvalue weighted by atomic mass is 10.2. The number of hydrogen-bond donors (Lipinski definition) is 1. The summed E-state index contributed by atoms with van der Waals surface area (Å²) >= 11 is 0. The van der Waals surface area contributed by atoms with Gasteiger partial charge in [-0.05, 0) is 36.4 Å². The molecule has 0 spiro atoms. The van der Waals surface area contributed by atoms with Crippen molar-refractivity contribution in [3.05, 3.63) is 84.2 Å². The van der Waals surface area contributed by atoms with Crippen molar-refractivity contribution in [2.24, 2.45) is 0 Å². The fraction of sp³-hybridized carbons (Fsp3) is 0. The van der Waals surface area contributed by atoms with E-state index < -0.39 is 17.5 Å². The predicted molar refractivity (Wildman–Crippen MR) is 92.6 cm³/mol. The summed E-state index contributed by atoms with van der Waals surface area (Å²) < 4.78 is 32.0. The number of nitrogens with zero attached hydrogens (tertiary/aromatic N) is 2. The molecule has 1 N–H and O–H groups in total. The summed E-state index contributed by atoms with van der Waals surface area (Å²) in [4.78, 5) is 19.8. The maximum absolute atomic E-state index is 13.5. The minimum absolute atomic E-state index is 0.0250. The molecule has 130 valence electrons. The van der Waals surface area contributed by atoms with Crippen molar-refractivity contribution < 1.29 is 18.3 Å². The van der Waals surface area contributed by atoms with Crippen LogP contribution in [0.5, 0.6) is 11.8 Å². The highest BCUT2D eigenvalue weighted by molar-refractivity contribution is 6.01. The van der Waals surface area contributed by atoms with Gasteiger partial charge in [-0.2, -0.15) is 0 Å². The average molecular weight is 353 g/mol. The average Bonchev–Trinajstić information content (AvgIpc) is 2.65. The van der Waals surface area contributed by atoms with E-state index in [0.29, 0.717) is 11.4 Å². The Labute approximate surface area is 148 Å². The number of anilines is 1. The molecule has 1 heterocycles. The second-order valence-corrected chi connectivity index (χ2v) is 5.16. The van der Waals surface area contributed by atoms with E-state index in [0.717, 1.165) is 24.3 Å². The number of amides is 1. The van der Waals surface area contributed by atoms with Crippen LogP contribution in [0.1, 0.15) is 5.56 Å². The first-order valence-corrected chi connectivity index (χ1v) is 7.59. The lowest BCUT2D eigenvalue weighted by Gasteiger charge is -2.05. The van der Waals surface area contributed by atoms with Gasteiger partial charge in [0, 0.05) is 11.6 Å². The molecule has 2 aromatic carbocycles. The van der Waals surface area contributed by atoms with Gasteiger partial charge in [0.25, 0.3) is 0 Å². The number of nitrogens with one attached hydrogen (secondary N) is 1. The summed E-state index contributed by atoms with van der Waals surface area (Å²) in [7, 11) is 0. The van der Waals surface area contributed by atoms with Crippen LogP contribution < -0.4 is 10.1 Å². The summed E-state index contributed by atoms with van der Waals surface area (Å²) in [5.41, 5.74) is 0.308. The zero-order chi connectivity index (χ0) is 18.4. The number of hydrogen-bond acceptors (Lipinski definition) is 4. The van der Waals surface area contributed by atoms with Crippen molar-refractivity contribution in [1.29, 1.82) is 0 Å². The molecule has 0 fully saturated rings. The summed E-state index contributed by atoms with van der Waals surface area (Å²) in [5, 5.41) is 2.51. The van der Waals surface area contributed by atoms with Gasteiger partial charge < -0.3 is 10.1 Å². The van der Waals surface area contributed by atoms with E-state index in [1.165, 1.54) is 18.5 Å². The highest BCUT2D eigenvalue weighted by Gasteiger charge is 2.04. The van der Waals surface area contributed by atoms with Gasteiger partial charge in [-0.1, -0.05) is 18.2 Å². The van der Waals surface area contributed by atoms with E-state index in [2.05, 4.69) is 15.3 Å². The summed E-state index contributed by atoms with van der Waals surface area (Å²) in [6.45, 7) is 0. The van der Waals surface area contributed by atoms with Crippen molar-refractivity contribution in [3.8, 4) is 11.8 Å². The Morgan fingerprint density at radius 3 is 2.50 bits per heavy atom. The number of carbonyl (C=O) groups excluding carboxylic acids is 1. The lowest BCUT2D eigenvalue weighted by Crippen LogP contribution is -2.08. The Morgan fingerprint density at radius 2 is 1.77 bits per heavy atom. The van der Waals surface area contributed by atoms with Gasteiger partial charge in [-0.25, -0.2) is 18.7 Å². The van der Waals surface area contributed by atoms with E-state index >= 15 is 0 Å². The number of para-hydroxylation sites is 1. The minimum Gasteiger partial charge on any atom is -0.424 e. The van der Waals surface area contributed by atoms with Crippen LogP contribution in [0.15, 0.2) is 67.0 Å². The fourth-order valence-electron chi connectivity index (χ4n) is 2.02. The molecule has 3 rings (SSSR count). The topological polar surface area (TPSA) is 64.1 Å². The largest absolute Gasteiger partial charge is 0.424 e. The quantitative estimate of drug-likeness (QED) is 0.698. The molecule has 7 heteroatoms. The van der Waals surface area contributed by atoms with Gasteiger partial charge in [0.1, 0.15) is 17.4 Å². The minimum atomic E-state index is -0.624. The molecular weight excluding hydrogens is 340 g/mol. The number of ether oxygens (including phenoxy) is 1. The lowest BCUT2D eigenvalue weighted by molar-refractivity contribution is -0.111. The Kier molecular flexibility index (Phi) is 5.28. The molecule has 26 heavy (non-hydrogen) atoms. The van der Waals surface area contributed by atoms with Crippen LogP contribution >= 0.6 is 0 Å². The third-order valence-electron chi connectivity index (χ3n) is 3.22. The molecule has 0 aliphatic heterocycles. The van der Waals surface area contributed by atoms with Crippen molar-refractivity contribution in [1.82, 2.24) is 9.97 Å². The van der Waals surface area contributed by atoms with Crippen LogP contribution in [0, 0.1) is 11.6 Å². The van der Waals surface area contributed by atoms with Gasteiger partial charge in [0.05, 0.1) is 18.1 Å². The summed E-state index contributed by atoms with van der Waals surface area (Å²) in [6, 6.07) is 12.1. The normalized spacial score (nSPS) is 10.7. The number of aromatic nitrogens is 2. The monoisotopic (exact) mass is 353 g/mol. The zero-order valence-corrected chi connectivity index (χ0v) is 13.4. The van der Waals surface area contributed by atoms with Gasteiger partial charge >= 0.3 is 6.01 Å². The van der Waals surface area contributed by atoms with Gasteiger partial charge in [-0.15, -0.1) is 0 Å². The molecule has 5 nitrogen and oxygen atoms in total. The molecule has 0 aliphatic carbocycles. The molecular formula is C19H13F2N3O2. The van der Waals surface area contributed by atoms with Crippen LogP contribution in [0.2, 0.25) is 0 Å². The smallest absolute Gasteiger partial charge is 0.322 e. The third-order valence-corrected chi connectivity index (χ3v) is 3.22. The van der Waals surface area contributed by atoms with Gasteiger partial charge in [0.2, 0.25) is 5.91 Å². The number of carbonyl (C=O) groups is 1. The molecule has 0 atom stereocenters. The molecule has 0 saturated carbocycles. The molecule has 0 aliphatic rings. The Morgan fingerprint density at radius 1 is 1.04 bits per heavy atom. The van der Waals surface area contributed by atoms with E-state index in [9.17, 15) is 13.6 Å². The third kappa shape index (κ3) is 4.70. The maximum Gasteiger partial charge on any atom is 0.322 e. The molecule has 0 radical (unpaired) electrons. The maximum atomic E-state index is 13.5. The molecule has 0 saturated heterocycles. The Bertz CT molecular complexity index is 929. The highest BCUT2D eigenvalue weighted by atomic mass is 19.1. The van der Waals surface area contributed by atoms with Crippen LogP contribution in [-0.2, 0) is 4.79 Å². The predicted octanol–water partition coefficient (Wildman–Crippen LogP) is 4.20. The van der Waals surface area contributed by atoms with E-state index in [-0.39, 0.29) is 11.6 Å². The molecule has 0 unspecified atom stereocenters. The first-order chi connectivity index (χ1) is 12.6. The zero-order valence-electron chi connectivity index (χ0n) is 13.4. The van der Waals surface area contributed by atoms with Crippen LogP contribution in [0.3, 0.4) is 0 Å². The second-order valence-electron chi connectivity index (χ2n) is 5.16. The highest BCUT2D eigenvalue weighted by Crippen LogP contribution is 2.17. The van der Waals surface area contributed by atoms with Crippen LogP contribution in [-0.4, -0.2) is 15.9 Å². The summed E-state index contributed by atoms with van der Waals surface area (Å²) in [6.07, 6.45) is 5.02. The number of rotatable bonds is 5. The Balaban J connectivity index is 1.61. The molecule has 0 bridgehead atoms. The van der Waals surface area contributed by atoms with Crippen LogP contribution in [0.25, 0.3) is 6.08 Å². The Hall–Kier alpha value is -3.61. The van der Waals surface area contributed by atoms with Gasteiger partial charge in [0.15, 0.2) is 0 Å². The van der Waals surface area contributed by atoms with Crippen molar-refractivity contribution in [3.63, 3.8) is 0 Å². The summed E-state index contributed by atoms with van der Waals surface area (Å²) in [5.74, 6) is -1.16. The van der Waals surface area contributed by atoms with Gasteiger partial charge in [-0.3, -0.25) is 4.79 Å². The van der Waals surface area contributed by atoms with Crippen molar-refractivity contribution in [2.45, 2.75) is 0 Å².